The first-order valence-electron chi connectivity index (χ1n) is 4.82. The van der Waals surface area contributed by atoms with Crippen molar-refractivity contribution in [2.45, 2.75) is 6.54 Å². The van der Waals surface area contributed by atoms with Crippen LogP contribution in [-0.2, 0) is 6.54 Å². The lowest BCUT2D eigenvalue weighted by molar-refractivity contribution is 0.625. The number of anilines is 1. The molecule has 0 aliphatic heterocycles. The van der Waals surface area contributed by atoms with E-state index in [1.807, 2.05) is 18.0 Å². The average molecular weight is 290 g/mol. The summed E-state index contributed by atoms with van der Waals surface area (Å²) in [6.45, 7) is 0.518. The molecule has 0 fully saturated rings. The fraction of sp³-hybridized carbons (Fsp3) is 0.182. The molecule has 2 nitrogen and oxygen atoms in total. The second-order valence-electron chi connectivity index (χ2n) is 3.56. The lowest BCUT2D eigenvalue weighted by atomic mass is 10.2. The van der Waals surface area contributed by atoms with Gasteiger partial charge in [0, 0.05) is 13.6 Å². The minimum atomic E-state index is -0.263. The molecule has 0 amide bonds. The van der Waals surface area contributed by atoms with Crippen LogP contribution in [0.5, 0.6) is 0 Å². The minimum absolute atomic E-state index is 0.127. The standard InChI is InChI=1S/C11H9ClFNOS2/c1-14(10-9(12)11(15)17-16-10)6-7-3-2-4-8(13)5-7/h2-5H,6H2,1H3. The van der Waals surface area contributed by atoms with E-state index in [9.17, 15) is 9.18 Å². The van der Waals surface area contributed by atoms with Gasteiger partial charge in [0.25, 0.3) is 4.74 Å². The third-order valence-corrected chi connectivity index (χ3v) is 5.08. The molecule has 0 radical (unpaired) electrons. The quantitative estimate of drug-likeness (QED) is 0.805. The Morgan fingerprint density at radius 2 is 2.18 bits per heavy atom. The van der Waals surface area contributed by atoms with Gasteiger partial charge in [0.2, 0.25) is 0 Å². The topological polar surface area (TPSA) is 20.3 Å². The number of benzene rings is 1. The van der Waals surface area contributed by atoms with Gasteiger partial charge in [-0.15, -0.1) is 0 Å². The molecule has 1 aromatic carbocycles. The second kappa shape index (κ2) is 5.16. The van der Waals surface area contributed by atoms with Crippen LogP contribution in [0.4, 0.5) is 9.39 Å². The first-order chi connectivity index (χ1) is 8.08. The number of rotatable bonds is 3. The van der Waals surface area contributed by atoms with Crippen LogP contribution in [0.2, 0.25) is 5.02 Å². The van der Waals surface area contributed by atoms with E-state index in [0.717, 1.165) is 20.9 Å². The third-order valence-electron chi connectivity index (χ3n) is 2.22. The Morgan fingerprint density at radius 1 is 1.41 bits per heavy atom. The van der Waals surface area contributed by atoms with Crippen molar-refractivity contribution in [1.82, 2.24) is 0 Å². The van der Waals surface area contributed by atoms with Gasteiger partial charge in [-0.25, -0.2) is 4.39 Å². The monoisotopic (exact) mass is 289 g/mol. The molecule has 0 saturated carbocycles. The Balaban J connectivity index is 2.20. The zero-order valence-electron chi connectivity index (χ0n) is 8.94. The van der Waals surface area contributed by atoms with Crippen LogP contribution in [-0.4, -0.2) is 7.05 Å². The Labute approximate surface area is 110 Å². The summed E-state index contributed by atoms with van der Waals surface area (Å²) >= 11 is 5.89. The second-order valence-corrected chi connectivity index (χ2v) is 6.03. The van der Waals surface area contributed by atoms with Gasteiger partial charge < -0.3 is 4.90 Å². The fourth-order valence-electron chi connectivity index (χ4n) is 1.45. The molecule has 1 heterocycles. The van der Waals surface area contributed by atoms with Gasteiger partial charge in [0.05, 0.1) is 0 Å². The summed E-state index contributed by atoms with van der Waals surface area (Å²) in [5.41, 5.74) is 0.842. The zero-order valence-corrected chi connectivity index (χ0v) is 11.3. The van der Waals surface area contributed by atoms with E-state index in [2.05, 4.69) is 0 Å². The van der Waals surface area contributed by atoms with Gasteiger partial charge in [-0.1, -0.05) is 34.1 Å². The zero-order chi connectivity index (χ0) is 12.4. The Kier molecular flexibility index (Phi) is 3.81. The lowest BCUT2D eigenvalue weighted by Gasteiger charge is -2.17. The van der Waals surface area contributed by atoms with Gasteiger partial charge in [-0.2, -0.15) is 0 Å². The highest BCUT2D eigenvalue weighted by Crippen LogP contribution is 2.31. The van der Waals surface area contributed by atoms with Gasteiger partial charge in [0.1, 0.15) is 15.8 Å². The van der Waals surface area contributed by atoms with Crippen LogP contribution in [0.1, 0.15) is 5.56 Å². The predicted octanol–water partition coefficient (Wildman–Crippen LogP) is 3.60. The van der Waals surface area contributed by atoms with Crippen LogP contribution >= 0.6 is 32.3 Å². The van der Waals surface area contributed by atoms with Gasteiger partial charge in [-0.05, 0) is 28.0 Å². The van der Waals surface area contributed by atoms with Gasteiger partial charge in [-0.3, -0.25) is 4.79 Å². The van der Waals surface area contributed by atoms with E-state index >= 15 is 0 Å². The fourth-order valence-corrected chi connectivity index (χ4v) is 4.19. The lowest BCUT2D eigenvalue weighted by Crippen LogP contribution is -2.16. The van der Waals surface area contributed by atoms with Crippen LogP contribution in [0.25, 0.3) is 0 Å². The van der Waals surface area contributed by atoms with Crippen LogP contribution in [0, 0.1) is 5.82 Å². The molecule has 6 heteroatoms. The predicted molar refractivity (Wildman–Crippen MR) is 72.0 cm³/mol. The third kappa shape index (κ3) is 2.86. The SMILES string of the molecule is CN(Cc1cccc(F)c1)c1ssc(=O)c1Cl. The van der Waals surface area contributed by atoms with Crippen molar-refractivity contribution in [3.05, 3.63) is 50.2 Å². The molecule has 2 rings (SSSR count). The number of hydrogen-bond acceptors (Lipinski definition) is 4. The van der Waals surface area contributed by atoms with Gasteiger partial charge >= 0.3 is 0 Å². The molecule has 0 aliphatic carbocycles. The van der Waals surface area contributed by atoms with Crippen molar-refractivity contribution in [2.24, 2.45) is 0 Å². The normalized spacial score (nSPS) is 10.5. The molecule has 0 saturated heterocycles. The summed E-state index contributed by atoms with van der Waals surface area (Å²) in [5, 5.41) is 0.977. The highest BCUT2D eigenvalue weighted by Gasteiger charge is 2.13. The summed E-state index contributed by atoms with van der Waals surface area (Å²) < 4.78 is 12.9. The van der Waals surface area contributed by atoms with Crippen molar-refractivity contribution in [1.29, 1.82) is 0 Å². The van der Waals surface area contributed by atoms with Crippen molar-refractivity contribution in [3.63, 3.8) is 0 Å². The molecule has 0 N–H and O–H groups in total. The van der Waals surface area contributed by atoms with E-state index in [0.29, 0.717) is 6.54 Å². The average Bonchev–Trinajstić information content (AvgIpc) is 2.60. The number of nitrogens with zero attached hydrogens (tertiary/aromatic N) is 1. The summed E-state index contributed by atoms with van der Waals surface area (Å²) in [6, 6.07) is 6.37. The molecule has 0 unspecified atom stereocenters. The summed E-state index contributed by atoms with van der Waals surface area (Å²) in [4.78, 5) is 13.1. The molecule has 0 aliphatic rings. The Hall–Kier alpha value is -0.910. The Morgan fingerprint density at radius 3 is 2.76 bits per heavy atom. The van der Waals surface area contributed by atoms with E-state index in [1.54, 1.807) is 6.07 Å². The maximum Gasteiger partial charge on any atom is 0.263 e. The van der Waals surface area contributed by atoms with Crippen molar-refractivity contribution < 1.29 is 4.39 Å². The van der Waals surface area contributed by atoms with Crippen LogP contribution in [0.15, 0.2) is 29.1 Å². The number of hydrogen-bond donors (Lipinski definition) is 0. The molecule has 0 bridgehead atoms. The van der Waals surface area contributed by atoms with E-state index in [1.165, 1.54) is 22.5 Å². The number of halogens is 2. The first-order valence-corrected chi connectivity index (χ1v) is 7.35. The summed E-state index contributed by atoms with van der Waals surface area (Å²) in [5.74, 6) is -0.263. The smallest absolute Gasteiger partial charge is 0.263 e. The highest BCUT2D eigenvalue weighted by atomic mass is 35.5. The largest absolute Gasteiger partial charge is 0.360 e. The van der Waals surface area contributed by atoms with Crippen LogP contribution < -0.4 is 9.64 Å². The molecule has 0 spiro atoms. The molecular formula is C11H9ClFNOS2. The van der Waals surface area contributed by atoms with E-state index in [-0.39, 0.29) is 15.6 Å². The molecule has 90 valence electrons. The minimum Gasteiger partial charge on any atom is -0.360 e. The van der Waals surface area contributed by atoms with Crippen molar-refractivity contribution in [2.75, 3.05) is 11.9 Å². The van der Waals surface area contributed by atoms with Gasteiger partial charge in [0.15, 0.2) is 0 Å². The van der Waals surface area contributed by atoms with Crippen LogP contribution in [0.3, 0.4) is 0 Å². The molecular weight excluding hydrogens is 281 g/mol. The molecule has 2 aromatic rings. The van der Waals surface area contributed by atoms with Crippen molar-refractivity contribution in [3.8, 4) is 0 Å². The van der Waals surface area contributed by atoms with Crippen molar-refractivity contribution >= 4 is 37.3 Å². The molecule has 17 heavy (non-hydrogen) atoms. The summed E-state index contributed by atoms with van der Waals surface area (Å²) in [6.07, 6.45) is 0. The highest BCUT2D eigenvalue weighted by molar-refractivity contribution is 7.70. The Bertz CT molecular complexity index is 581. The summed E-state index contributed by atoms with van der Waals surface area (Å²) in [7, 11) is 4.28. The van der Waals surface area contributed by atoms with E-state index in [4.69, 9.17) is 11.6 Å². The first kappa shape index (κ1) is 12.5. The molecule has 0 atom stereocenters. The maximum atomic E-state index is 13.0. The van der Waals surface area contributed by atoms with E-state index < -0.39 is 0 Å². The maximum absolute atomic E-state index is 13.0. The molecule has 1 aromatic heterocycles.